The largest absolute Gasteiger partial charge is 0.497 e. The summed E-state index contributed by atoms with van der Waals surface area (Å²) in [5.74, 6) is 0.519. The van der Waals surface area contributed by atoms with Crippen LogP contribution in [0.5, 0.6) is 5.75 Å². The van der Waals surface area contributed by atoms with Gasteiger partial charge in [-0.15, -0.1) is 11.3 Å². The van der Waals surface area contributed by atoms with E-state index in [1.54, 1.807) is 18.1 Å². The van der Waals surface area contributed by atoms with Crippen LogP contribution in [0, 0.1) is 6.92 Å². The van der Waals surface area contributed by atoms with Crippen molar-refractivity contribution in [3.8, 4) is 5.75 Å². The molecule has 1 aliphatic heterocycles. The molecular formula is C29H40N4O3S. The molecule has 0 radical (unpaired) electrons. The van der Waals surface area contributed by atoms with Gasteiger partial charge in [-0.3, -0.25) is 14.5 Å². The molecule has 3 aliphatic rings. The lowest BCUT2D eigenvalue weighted by Gasteiger charge is -2.43. The summed E-state index contributed by atoms with van der Waals surface area (Å²) in [6, 6.07) is 12.4. The van der Waals surface area contributed by atoms with Crippen molar-refractivity contribution < 1.29 is 14.3 Å². The number of rotatable bonds is 8. The third kappa shape index (κ3) is 6.36. The van der Waals surface area contributed by atoms with Crippen molar-refractivity contribution in [3.05, 3.63) is 51.7 Å². The number of benzene rings is 1. The van der Waals surface area contributed by atoms with E-state index >= 15 is 0 Å². The molecule has 2 amide bonds. The second kappa shape index (κ2) is 11.5. The number of nitrogens with two attached hydrogens (primary N) is 1. The van der Waals surface area contributed by atoms with Crippen molar-refractivity contribution in [2.75, 3.05) is 13.7 Å². The normalized spacial score (nSPS) is 26.2. The molecule has 5 rings (SSSR count). The number of amides is 2. The number of likely N-dealkylation sites (tertiary alicyclic amines) is 1. The standard InChI is InChI=1S/C29H40N4O3S/c1-19-6-13-26(37-19)18-33(23-11-12-23)24-14-15-32(29(35)20-4-3-5-25(16-20)36-2)27(17-24)28(34)31-22-9-7-21(30)8-10-22/h3-6,13,16,21-24,27H,7-12,14-15,17-18,30H2,1-2H3,(H,31,34)/t21?,22?,24?,27-/m1/s1. The molecular weight excluding hydrogens is 484 g/mol. The number of aryl methyl sites for hydroxylation is 1. The first-order valence-corrected chi connectivity index (χ1v) is 14.5. The zero-order valence-corrected chi connectivity index (χ0v) is 22.8. The van der Waals surface area contributed by atoms with Gasteiger partial charge in [-0.2, -0.15) is 0 Å². The van der Waals surface area contributed by atoms with Gasteiger partial charge in [0.2, 0.25) is 5.91 Å². The van der Waals surface area contributed by atoms with Crippen LogP contribution < -0.4 is 15.8 Å². The quantitative estimate of drug-likeness (QED) is 0.543. The Kier molecular flexibility index (Phi) is 8.17. The Hall–Kier alpha value is -2.42. The van der Waals surface area contributed by atoms with Gasteiger partial charge in [0, 0.05) is 52.6 Å². The summed E-state index contributed by atoms with van der Waals surface area (Å²) in [7, 11) is 1.60. The van der Waals surface area contributed by atoms with Gasteiger partial charge in [0.15, 0.2) is 0 Å². The SMILES string of the molecule is COc1cccc(C(=O)N2CCC(N(Cc3ccc(C)s3)C3CC3)C[C@@H]2C(=O)NC2CCC(N)CC2)c1. The molecule has 3 N–H and O–H groups in total. The summed E-state index contributed by atoms with van der Waals surface area (Å²) in [4.78, 5) is 34.6. The fourth-order valence-corrected chi connectivity index (χ4v) is 6.83. The Labute approximate surface area is 224 Å². The summed E-state index contributed by atoms with van der Waals surface area (Å²) < 4.78 is 5.35. The lowest BCUT2D eigenvalue weighted by Crippen LogP contribution is -2.58. The molecule has 0 bridgehead atoms. The Bertz CT molecular complexity index is 1090. The van der Waals surface area contributed by atoms with E-state index in [1.165, 1.54) is 22.6 Å². The van der Waals surface area contributed by atoms with Crippen LogP contribution in [0.4, 0.5) is 0 Å². The number of thiophene rings is 1. The van der Waals surface area contributed by atoms with E-state index in [9.17, 15) is 9.59 Å². The van der Waals surface area contributed by atoms with Crippen molar-refractivity contribution in [3.63, 3.8) is 0 Å². The summed E-state index contributed by atoms with van der Waals surface area (Å²) in [6.45, 7) is 3.64. The van der Waals surface area contributed by atoms with Crippen molar-refractivity contribution in [1.82, 2.24) is 15.1 Å². The first-order chi connectivity index (χ1) is 17.9. The fraction of sp³-hybridized carbons (Fsp3) is 0.586. The monoisotopic (exact) mass is 524 g/mol. The van der Waals surface area contributed by atoms with E-state index in [1.807, 2.05) is 29.5 Å². The fourth-order valence-electron chi connectivity index (χ4n) is 5.94. The number of carbonyl (C=O) groups excluding carboxylic acids is 2. The van der Waals surface area contributed by atoms with Crippen LogP contribution in [0.1, 0.15) is 71.5 Å². The minimum atomic E-state index is -0.487. The third-order valence-electron chi connectivity index (χ3n) is 8.19. The highest BCUT2D eigenvalue weighted by molar-refractivity contribution is 7.11. The van der Waals surface area contributed by atoms with Crippen molar-refractivity contribution in [1.29, 1.82) is 0 Å². The van der Waals surface area contributed by atoms with Crippen LogP contribution >= 0.6 is 11.3 Å². The molecule has 200 valence electrons. The molecule has 2 aromatic rings. The second-order valence-electron chi connectivity index (χ2n) is 11.0. The Morgan fingerprint density at radius 1 is 1.08 bits per heavy atom. The highest BCUT2D eigenvalue weighted by Crippen LogP contribution is 2.36. The molecule has 1 aromatic carbocycles. The second-order valence-corrected chi connectivity index (χ2v) is 12.3. The van der Waals surface area contributed by atoms with Crippen LogP contribution in [0.3, 0.4) is 0 Å². The van der Waals surface area contributed by atoms with Crippen molar-refractivity contribution in [2.45, 2.75) is 95.0 Å². The third-order valence-corrected chi connectivity index (χ3v) is 9.18. The van der Waals surface area contributed by atoms with Crippen LogP contribution in [0.2, 0.25) is 0 Å². The van der Waals surface area contributed by atoms with Crippen LogP contribution in [-0.4, -0.2) is 65.5 Å². The first kappa shape index (κ1) is 26.2. The van der Waals surface area contributed by atoms with E-state index in [2.05, 4.69) is 29.3 Å². The lowest BCUT2D eigenvalue weighted by molar-refractivity contribution is -0.128. The lowest BCUT2D eigenvalue weighted by atomic mass is 9.90. The zero-order chi connectivity index (χ0) is 25.9. The average Bonchev–Trinajstić information content (AvgIpc) is 3.68. The van der Waals surface area contributed by atoms with Crippen LogP contribution in [-0.2, 0) is 11.3 Å². The number of ether oxygens (including phenoxy) is 1. The number of carbonyl (C=O) groups is 2. The Morgan fingerprint density at radius 2 is 1.86 bits per heavy atom. The molecule has 2 saturated carbocycles. The van der Waals surface area contributed by atoms with Gasteiger partial charge in [0.05, 0.1) is 7.11 Å². The first-order valence-electron chi connectivity index (χ1n) is 13.7. The molecule has 3 fully saturated rings. The highest BCUT2D eigenvalue weighted by Gasteiger charge is 2.42. The zero-order valence-electron chi connectivity index (χ0n) is 22.0. The van der Waals surface area contributed by atoms with E-state index in [-0.39, 0.29) is 29.9 Å². The molecule has 7 nitrogen and oxygen atoms in total. The van der Waals surface area contributed by atoms with Crippen LogP contribution in [0.15, 0.2) is 36.4 Å². The predicted molar refractivity (Wildman–Crippen MR) is 147 cm³/mol. The summed E-state index contributed by atoms with van der Waals surface area (Å²) in [6.07, 6.45) is 7.63. The Balaban J connectivity index is 1.35. The maximum absolute atomic E-state index is 13.8. The van der Waals surface area contributed by atoms with Crippen molar-refractivity contribution in [2.24, 2.45) is 5.73 Å². The van der Waals surface area contributed by atoms with Gasteiger partial charge in [-0.05, 0) is 88.6 Å². The predicted octanol–water partition coefficient (Wildman–Crippen LogP) is 4.09. The molecule has 2 atom stereocenters. The van der Waals surface area contributed by atoms with Gasteiger partial charge in [-0.25, -0.2) is 0 Å². The summed E-state index contributed by atoms with van der Waals surface area (Å²) in [5.41, 5.74) is 6.65. The van der Waals surface area contributed by atoms with Crippen LogP contribution in [0.25, 0.3) is 0 Å². The number of piperidine rings is 1. The summed E-state index contributed by atoms with van der Waals surface area (Å²) >= 11 is 1.85. The molecule has 1 unspecified atom stereocenters. The van der Waals surface area contributed by atoms with Gasteiger partial charge >= 0.3 is 0 Å². The maximum Gasteiger partial charge on any atom is 0.254 e. The maximum atomic E-state index is 13.8. The van der Waals surface area contributed by atoms with E-state index in [0.717, 1.165) is 38.6 Å². The van der Waals surface area contributed by atoms with Gasteiger partial charge in [0.25, 0.3) is 5.91 Å². The van der Waals surface area contributed by atoms with Gasteiger partial charge in [-0.1, -0.05) is 6.07 Å². The molecule has 0 spiro atoms. The molecule has 2 heterocycles. The van der Waals surface area contributed by atoms with E-state index < -0.39 is 6.04 Å². The van der Waals surface area contributed by atoms with E-state index in [0.29, 0.717) is 30.3 Å². The number of nitrogens with zero attached hydrogens (tertiary/aromatic N) is 2. The number of methoxy groups -OCH3 is 1. The molecule has 37 heavy (non-hydrogen) atoms. The Morgan fingerprint density at radius 3 is 2.54 bits per heavy atom. The number of hydrogen-bond donors (Lipinski definition) is 2. The van der Waals surface area contributed by atoms with Gasteiger partial charge < -0.3 is 20.7 Å². The smallest absolute Gasteiger partial charge is 0.254 e. The van der Waals surface area contributed by atoms with Crippen molar-refractivity contribution >= 4 is 23.2 Å². The molecule has 1 aromatic heterocycles. The van der Waals surface area contributed by atoms with Gasteiger partial charge in [0.1, 0.15) is 11.8 Å². The highest BCUT2D eigenvalue weighted by atomic mass is 32.1. The topological polar surface area (TPSA) is 87.9 Å². The molecule has 1 saturated heterocycles. The average molecular weight is 525 g/mol. The minimum Gasteiger partial charge on any atom is -0.497 e. The number of nitrogens with one attached hydrogen (secondary N) is 1. The molecule has 8 heteroatoms. The minimum absolute atomic E-state index is 0.0240. The van der Waals surface area contributed by atoms with E-state index in [4.69, 9.17) is 10.5 Å². The number of hydrogen-bond acceptors (Lipinski definition) is 6. The summed E-state index contributed by atoms with van der Waals surface area (Å²) in [5, 5.41) is 3.30. The molecule has 2 aliphatic carbocycles.